The van der Waals surface area contributed by atoms with Crippen LogP contribution >= 0.6 is 11.6 Å². The topological polar surface area (TPSA) is 61.5 Å². The minimum absolute atomic E-state index is 0.253. The molecular weight excluding hydrogens is 316 g/mol. The lowest BCUT2D eigenvalue weighted by atomic mass is 10.2. The highest BCUT2D eigenvalue weighted by Crippen LogP contribution is 2.29. The van der Waals surface area contributed by atoms with Crippen molar-refractivity contribution < 1.29 is 9.53 Å². The zero-order valence-corrected chi connectivity index (χ0v) is 14.4. The lowest BCUT2D eigenvalue weighted by Gasteiger charge is -2.36. The number of halogens is 1. The molecule has 0 spiro atoms. The molecule has 1 fully saturated rings. The van der Waals surface area contributed by atoms with Crippen LogP contribution in [0.1, 0.15) is 20.8 Å². The molecule has 124 valence electrons. The van der Waals surface area contributed by atoms with Crippen LogP contribution < -0.4 is 4.90 Å². The molecule has 0 atom stereocenters. The van der Waals surface area contributed by atoms with E-state index in [-0.39, 0.29) is 6.09 Å². The van der Waals surface area contributed by atoms with Crippen LogP contribution in [-0.2, 0) is 4.74 Å². The van der Waals surface area contributed by atoms with Crippen LogP contribution in [0.2, 0.25) is 5.02 Å². The third-order valence-electron chi connectivity index (χ3n) is 3.77. The van der Waals surface area contributed by atoms with E-state index in [2.05, 4.69) is 14.9 Å². The van der Waals surface area contributed by atoms with Gasteiger partial charge in [0.1, 0.15) is 11.1 Å². The van der Waals surface area contributed by atoms with Crippen LogP contribution in [0, 0.1) is 0 Å². The molecule has 6 nitrogen and oxygen atoms in total. The molecule has 1 aliphatic rings. The molecule has 1 amide bonds. The van der Waals surface area contributed by atoms with Crippen molar-refractivity contribution in [2.75, 3.05) is 31.1 Å². The number of aromatic nitrogens is 2. The number of nitrogens with one attached hydrogen (secondary N) is 1. The number of carbonyl (C=O) groups is 1. The first-order valence-electron chi connectivity index (χ1n) is 7.69. The molecule has 0 radical (unpaired) electrons. The van der Waals surface area contributed by atoms with Crippen molar-refractivity contribution in [3.05, 3.63) is 23.5 Å². The molecule has 3 heterocycles. The lowest BCUT2D eigenvalue weighted by Crippen LogP contribution is -2.50. The van der Waals surface area contributed by atoms with Crippen molar-refractivity contribution >= 4 is 34.4 Å². The van der Waals surface area contributed by atoms with E-state index >= 15 is 0 Å². The molecule has 0 aromatic carbocycles. The predicted octanol–water partition coefficient (Wildman–Crippen LogP) is 3.27. The summed E-state index contributed by atoms with van der Waals surface area (Å²) >= 11 is 6.18. The summed E-state index contributed by atoms with van der Waals surface area (Å²) in [5, 5.41) is 0.661. The molecule has 2 aromatic heterocycles. The number of rotatable bonds is 1. The van der Waals surface area contributed by atoms with Gasteiger partial charge in [0.25, 0.3) is 0 Å². The second-order valence-corrected chi connectivity index (χ2v) is 7.05. The van der Waals surface area contributed by atoms with Gasteiger partial charge in [0.15, 0.2) is 0 Å². The molecule has 1 aliphatic heterocycles. The quantitative estimate of drug-likeness (QED) is 0.868. The van der Waals surface area contributed by atoms with Gasteiger partial charge in [-0.3, -0.25) is 4.98 Å². The molecular formula is C16H21ClN4O2. The van der Waals surface area contributed by atoms with Gasteiger partial charge in [-0.2, -0.15) is 0 Å². The Bertz CT molecular complexity index is 714. The fourth-order valence-corrected chi connectivity index (χ4v) is 2.88. The number of piperazine rings is 1. The molecule has 1 N–H and O–H groups in total. The van der Waals surface area contributed by atoms with E-state index in [0.29, 0.717) is 18.1 Å². The van der Waals surface area contributed by atoms with Crippen molar-refractivity contribution in [3.8, 4) is 0 Å². The third kappa shape index (κ3) is 3.37. The second-order valence-electron chi connectivity index (χ2n) is 6.64. The van der Waals surface area contributed by atoms with E-state index < -0.39 is 5.60 Å². The first-order valence-corrected chi connectivity index (χ1v) is 8.07. The Labute approximate surface area is 140 Å². The molecule has 0 aliphatic carbocycles. The summed E-state index contributed by atoms with van der Waals surface area (Å²) in [7, 11) is 0. The Hall–Kier alpha value is -1.95. The number of amides is 1. The number of fused-ring (bicyclic) bond motifs is 1. The smallest absolute Gasteiger partial charge is 0.410 e. The monoisotopic (exact) mass is 336 g/mol. The Morgan fingerprint density at radius 2 is 2.00 bits per heavy atom. The highest BCUT2D eigenvalue weighted by atomic mass is 35.5. The third-order valence-corrected chi connectivity index (χ3v) is 4.08. The van der Waals surface area contributed by atoms with Crippen molar-refractivity contribution in [1.82, 2.24) is 14.9 Å². The van der Waals surface area contributed by atoms with Crippen LogP contribution in [-0.4, -0.2) is 52.7 Å². The number of aromatic amines is 1. The van der Waals surface area contributed by atoms with Crippen LogP contribution in [0.25, 0.3) is 11.0 Å². The van der Waals surface area contributed by atoms with Crippen LogP contribution in [0.15, 0.2) is 18.5 Å². The van der Waals surface area contributed by atoms with Crippen molar-refractivity contribution in [2.45, 2.75) is 26.4 Å². The maximum Gasteiger partial charge on any atom is 0.410 e. The van der Waals surface area contributed by atoms with Gasteiger partial charge >= 0.3 is 6.09 Å². The van der Waals surface area contributed by atoms with E-state index in [0.717, 1.165) is 29.8 Å². The Morgan fingerprint density at radius 3 is 2.65 bits per heavy atom. The number of pyridine rings is 1. The summed E-state index contributed by atoms with van der Waals surface area (Å²) in [6.45, 7) is 8.36. The number of ether oxygens (including phenoxy) is 1. The summed E-state index contributed by atoms with van der Waals surface area (Å²) in [5.41, 5.74) is 2.26. The van der Waals surface area contributed by atoms with Crippen LogP contribution in [0.4, 0.5) is 10.5 Å². The number of H-pyrrole nitrogens is 1. The zero-order chi connectivity index (χ0) is 16.6. The van der Waals surface area contributed by atoms with E-state index in [1.165, 1.54) is 0 Å². The normalized spacial score (nSPS) is 16.0. The first-order chi connectivity index (χ1) is 10.8. The average Bonchev–Trinajstić information content (AvgIpc) is 2.91. The molecule has 0 saturated carbocycles. The molecule has 0 unspecified atom stereocenters. The maximum atomic E-state index is 12.1. The highest BCUT2D eigenvalue weighted by molar-refractivity contribution is 6.35. The van der Waals surface area contributed by atoms with E-state index in [1.807, 2.05) is 27.0 Å². The minimum atomic E-state index is -0.467. The molecule has 3 rings (SSSR count). The summed E-state index contributed by atoms with van der Waals surface area (Å²) < 4.78 is 5.42. The maximum absolute atomic E-state index is 12.1. The number of hydrogen-bond acceptors (Lipinski definition) is 4. The number of nitrogens with zero attached hydrogens (tertiary/aromatic N) is 3. The van der Waals surface area contributed by atoms with Gasteiger partial charge in [0, 0.05) is 38.6 Å². The Morgan fingerprint density at radius 1 is 1.30 bits per heavy atom. The van der Waals surface area contributed by atoms with Gasteiger partial charge in [0.2, 0.25) is 0 Å². The number of carbonyl (C=O) groups excluding carboxylic acids is 1. The zero-order valence-electron chi connectivity index (χ0n) is 13.6. The molecule has 2 aromatic rings. The van der Waals surface area contributed by atoms with E-state index in [4.69, 9.17) is 16.3 Å². The number of anilines is 1. The summed E-state index contributed by atoms with van der Waals surface area (Å²) in [6, 6.07) is 1.77. The van der Waals surface area contributed by atoms with E-state index in [1.54, 1.807) is 17.2 Å². The average molecular weight is 337 g/mol. The largest absolute Gasteiger partial charge is 0.444 e. The predicted molar refractivity (Wildman–Crippen MR) is 91.1 cm³/mol. The molecule has 23 heavy (non-hydrogen) atoms. The van der Waals surface area contributed by atoms with E-state index in [9.17, 15) is 4.79 Å². The van der Waals surface area contributed by atoms with Gasteiger partial charge in [-0.25, -0.2) is 4.79 Å². The Kier molecular flexibility index (Phi) is 4.10. The Balaban J connectivity index is 1.69. The standard InChI is InChI=1S/C16H21ClN4O2/c1-16(2,3)23-15(22)21-8-6-20(7-9-21)12-10-19-13-11(17)4-5-18-14(12)13/h4-5,10,19H,6-9H2,1-3H3. The molecule has 7 heteroatoms. The van der Waals surface area contributed by atoms with Crippen molar-refractivity contribution in [3.63, 3.8) is 0 Å². The van der Waals surface area contributed by atoms with Gasteiger partial charge in [-0.05, 0) is 26.8 Å². The van der Waals surface area contributed by atoms with Crippen LogP contribution in [0.5, 0.6) is 0 Å². The lowest BCUT2D eigenvalue weighted by molar-refractivity contribution is 0.0241. The molecule has 1 saturated heterocycles. The van der Waals surface area contributed by atoms with Crippen molar-refractivity contribution in [1.29, 1.82) is 0 Å². The van der Waals surface area contributed by atoms with Gasteiger partial charge in [0.05, 0.1) is 16.2 Å². The number of hydrogen-bond donors (Lipinski definition) is 1. The first kappa shape index (κ1) is 15.9. The minimum Gasteiger partial charge on any atom is -0.444 e. The van der Waals surface area contributed by atoms with Crippen molar-refractivity contribution in [2.24, 2.45) is 0 Å². The van der Waals surface area contributed by atoms with Gasteiger partial charge < -0.3 is 19.5 Å². The molecule has 0 bridgehead atoms. The summed E-state index contributed by atoms with van der Waals surface area (Å²) in [5.74, 6) is 0. The fourth-order valence-electron chi connectivity index (χ4n) is 2.68. The summed E-state index contributed by atoms with van der Waals surface area (Å²) in [6.07, 6.45) is 3.38. The highest BCUT2D eigenvalue weighted by Gasteiger charge is 2.27. The van der Waals surface area contributed by atoms with Gasteiger partial charge in [-0.15, -0.1) is 0 Å². The summed E-state index contributed by atoms with van der Waals surface area (Å²) in [4.78, 5) is 23.7. The SMILES string of the molecule is CC(C)(C)OC(=O)N1CCN(c2c[nH]c3c(Cl)ccnc23)CC1. The van der Waals surface area contributed by atoms with Crippen LogP contribution in [0.3, 0.4) is 0 Å². The van der Waals surface area contributed by atoms with Gasteiger partial charge in [-0.1, -0.05) is 11.6 Å². The fraction of sp³-hybridized carbons (Fsp3) is 0.500. The second kappa shape index (κ2) is 5.92.